The van der Waals surface area contributed by atoms with Crippen molar-refractivity contribution >= 4 is 15.9 Å². The van der Waals surface area contributed by atoms with Crippen molar-refractivity contribution in [2.24, 2.45) is 0 Å². The highest BCUT2D eigenvalue weighted by molar-refractivity contribution is 9.09. The van der Waals surface area contributed by atoms with Crippen LogP contribution < -0.4 is 0 Å². The summed E-state index contributed by atoms with van der Waals surface area (Å²) in [5, 5.41) is 10.6. The summed E-state index contributed by atoms with van der Waals surface area (Å²) in [5.74, 6) is -0.700. The quantitative estimate of drug-likeness (QED) is 0.803. The maximum atomic E-state index is 10.1. The molecule has 5 nitrogen and oxygen atoms in total. The molecule has 1 aromatic rings. The van der Waals surface area contributed by atoms with E-state index in [1.807, 2.05) is 44.2 Å². The molecule has 0 amide bonds. The van der Waals surface area contributed by atoms with E-state index in [4.69, 9.17) is 18.9 Å². The van der Waals surface area contributed by atoms with E-state index < -0.39 is 24.3 Å². The fourth-order valence-corrected chi connectivity index (χ4v) is 3.23. The fraction of sp³-hybridized carbons (Fsp3) is 0.625. The molecule has 3 rings (SSSR count). The van der Waals surface area contributed by atoms with Gasteiger partial charge >= 0.3 is 0 Å². The van der Waals surface area contributed by atoms with E-state index in [2.05, 4.69) is 15.9 Å². The molecule has 2 heterocycles. The van der Waals surface area contributed by atoms with Crippen molar-refractivity contribution in [2.45, 2.75) is 56.9 Å². The summed E-state index contributed by atoms with van der Waals surface area (Å²) in [6, 6.07) is 9.90. The van der Waals surface area contributed by atoms with E-state index >= 15 is 0 Å². The van der Waals surface area contributed by atoms with Crippen LogP contribution in [-0.2, 0) is 25.6 Å². The first-order valence-electron chi connectivity index (χ1n) is 7.41. The predicted molar refractivity (Wildman–Crippen MR) is 83.5 cm³/mol. The lowest BCUT2D eigenvalue weighted by atomic mass is 10.1. The molecule has 0 saturated carbocycles. The van der Waals surface area contributed by atoms with Crippen LogP contribution in [-0.4, -0.2) is 46.9 Å². The number of alkyl halides is 1. The maximum absolute atomic E-state index is 10.1. The Morgan fingerprint density at radius 2 is 2.00 bits per heavy atom. The molecular formula is C16H21BrO5. The van der Waals surface area contributed by atoms with Crippen molar-refractivity contribution in [2.75, 3.05) is 5.33 Å². The zero-order chi connectivity index (χ0) is 15.7. The van der Waals surface area contributed by atoms with Crippen LogP contribution in [0.3, 0.4) is 0 Å². The number of aliphatic hydroxyl groups is 1. The Morgan fingerprint density at radius 1 is 1.27 bits per heavy atom. The largest absolute Gasteiger partial charge is 0.389 e. The predicted octanol–water partition coefficient (Wildman–Crippen LogP) is 2.20. The van der Waals surface area contributed by atoms with Crippen LogP contribution in [0.25, 0.3) is 0 Å². The Morgan fingerprint density at radius 3 is 2.68 bits per heavy atom. The van der Waals surface area contributed by atoms with Crippen LogP contribution in [0.4, 0.5) is 0 Å². The third-order valence-electron chi connectivity index (χ3n) is 3.85. The van der Waals surface area contributed by atoms with Crippen LogP contribution >= 0.6 is 15.9 Å². The summed E-state index contributed by atoms with van der Waals surface area (Å²) in [7, 11) is 0. The third kappa shape index (κ3) is 3.37. The highest BCUT2D eigenvalue weighted by Crippen LogP contribution is 2.40. The summed E-state index contributed by atoms with van der Waals surface area (Å²) in [5.41, 5.74) is 1.07. The van der Waals surface area contributed by atoms with Gasteiger partial charge in [-0.15, -0.1) is 0 Å². The van der Waals surface area contributed by atoms with E-state index in [0.717, 1.165) is 5.56 Å². The standard InChI is InChI=1S/C16H21BrO5/c1-16(2)21-14-13(19-9-10-6-4-3-5-7-10)12(11(18)8-17)20-15(14)22-16/h3-7,11-15,18H,8-9H2,1-2H3/t11-,12+,13-,14+,15+/m0/s1. The molecule has 0 spiro atoms. The van der Waals surface area contributed by atoms with Crippen LogP contribution in [0, 0.1) is 0 Å². The monoisotopic (exact) mass is 372 g/mol. The molecule has 2 aliphatic heterocycles. The number of aliphatic hydroxyl groups excluding tert-OH is 1. The zero-order valence-corrected chi connectivity index (χ0v) is 14.2. The number of hydrogen-bond acceptors (Lipinski definition) is 5. The molecule has 0 bridgehead atoms. The first kappa shape index (κ1) is 16.4. The molecule has 2 saturated heterocycles. The van der Waals surface area contributed by atoms with Gasteiger partial charge in [0.15, 0.2) is 12.1 Å². The molecule has 0 radical (unpaired) electrons. The molecule has 0 unspecified atom stereocenters. The average molecular weight is 373 g/mol. The summed E-state index contributed by atoms with van der Waals surface area (Å²) < 4.78 is 23.5. The Balaban J connectivity index is 1.71. The van der Waals surface area contributed by atoms with Gasteiger partial charge in [-0.05, 0) is 19.4 Å². The van der Waals surface area contributed by atoms with Crippen LogP contribution in [0.1, 0.15) is 19.4 Å². The highest BCUT2D eigenvalue weighted by atomic mass is 79.9. The normalized spacial score (nSPS) is 34.5. The number of rotatable bonds is 5. The minimum atomic E-state index is -0.700. The van der Waals surface area contributed by atoms with Crippen LogP contribution in [0.2, 0.25) is 0 Å². The van der Waals surface area contributed by atoms with Crippen molar-refractivity contribution in [1.29, 1.82) is 0 Å². The van der Waals surface area contributed by atoms with Gasteiger partial charge in [0, 0.05) is 5.33 Å². The van der Waals surface area contributed by atoms with E-state index in [1.54, 1.807) is 0 Å². The second kappa shape index (κ2) is 6.55. The zero-order valence-electron chi connectivity index (χ0n) is 12.6. The van der Waals surface area contributed by atoms with Gasteiger partial charge in [0.25, 0.3) is 0 Å². The Kier molecular flexibility index (Phi) is 4.87. The summed E-state index contributed by atoms with van der Waals surface area (Å²) in [6.07, 6.45) is -2.37. The molecule has 1 aromatic carbocycles. The molecule has 6 heteroatoms. The lowest BCUT2D eigenvalue weighted by Gasteiger charge is -2.28. The van der Waals surface area contributed by atoms with Crippen molar-refractivity contribution in [3.8, 4) is 0 Å². The van der Waals surface area contributed by atoms with Crippen molar-refractivity contribution < 1.29 is 24.1 Å². The maximum Gasteiger partial charge on any atom is 0.190 e. The second-order valence-electron chi connectivity index (χ2n) is 6.05. The van der Waals surface area contributed by atoms with Gasteiger partial charge in [-0.2, -0.15) is 0 Å². The Hall–Kier alpha value is -0.500. The molecule has 5 atom stereocenters. The van der Waals surface area contributed by atoms with Gasteiger partial charge in [-0.3, -0.25) is 0 Å². The molecule has 22 heavy (non-hydrogen) atoms. The average Bonchev–Trinajstić information content (AvgIpc) is 2.97. The number of benzene rings is 1. The number of fused-ring (bicyclic) bond motifs is 1. The van der Waals surface area contributed by atoms with Gasteiger partial charge in [0.2, 0.25) is 0 Å². The fourth-order valence-electron chi connectivity index (χ4n) is 2.86. The van der Waals surface area contributed by atoms with Gasteiger partial charge in [-0.1, -0.05) is 46.3 Å². The molecule has 0 aliphatic carbocycles. The molecular weight excluding hydrogens is 352 g/mol. The highest BCUT2D eigenvalue weighted by Gasteiger charge is 2.56. The smallest absolute Gasteiger partial charge is 0.190 e. The minimum Gasteiger partial charge on any atom is -0.389 e. The lowest BCUT2D eigenvalue weighted by Crippen LogP contribution is -2.43. The van der Waals surface area contributed by atoms with Crippen molar-refractivity contribution in [3.63, 3.8) is 0 Å². The number of halogens is 1. The van der Waals surface area contributed by atoms with Gasteiger partial charge in [-0.25, -0.2) is 0 Å². The van der Waals surface area contributed by atoms with Crippen LogP contribution in [0.15, 0.2) is 30.3 Å². The van der Waals surface area contributed by atoms with Crippen LogP contribution in [0.5, 0.6) is 0 Å². The molecule has 122 valence electrons. The summed E-state index contributed by atoms with van der Waals surface area (Å²) >= 11 is 3.28. The van der Waals surface area contributed by atoms with E-state index in [-0.39, 0.29) is 12.2 Å². The van der Waals surface area contributed by atoms with E-state index in [0.29, 0.717) is 11.9 Å². The first-order chi connectivity index (χ1) is 10.5. The van der Waals surface area contributed by atoms with E-state index in [9.17, 15) is 5.11 Å². The van der Waals surface area contributed by atoms with Gasteiger partial charge < -0.3 is 24.1 Å². The second-order valence-corrected chi connectivity index (χ2v) is 6.70. The minimum absolute atomic E-state index is 0.336. The Labute approximate surface area is 138 Å². The third-order valence-corrected chi connectivity index (χ3v) is 4.51. The first-order valence-corrected chi connectivity index (χ1v) is 8.53. The van der Waals surface area contributed by atoms with Crippen molar-refractivity contribution in [1.82, 2.24) is 0 Å². The molecule has 2 fully saturated rings. The van der Waals surface area contributed by atoms with Crippen molar-refractivity contribution in [3.05, 3.63) is 35.9 Å². The Bertz CT molecular complexity index is 495. The van der Waals surface area contributed by atoms with Gasteiger partial charge in [0.1, 0.15) is 18.3 Å². The summed E-state index contributed by atoms with van der Waals surface area (Å²) in [4.78, 5) is 0. The van der Waals surface area contributed by atoms with E-state index in [1.165, 1.54) is 0 Å². The van der Waals surface area contributed by atoms with Gasteiger partial charge in [0.05, 0.1) is 12.7 Å². The summed E-state index contributed by atoms with van der Waals surface area (Å²) in [6.45, 7) is 4.13. The molecule has 2 aliphatic rings. The molecule has 0 aromatic heterocycles. The number of hydrogen-bond donors (Lipinski definition) is 1. The topological polar surface area (TPSA) is 57.2 Å². The SMILES string of the molecule is CC1(C)O[C@H]2O[C@H]([C@@H](O)CBr)[C@H](OCc3ccccc3)[C@H]2O1. The lowest BCUT2D eigenvalue weighted by molar-refractivity contribution is -0.228. The number of ether oxygens (including phenoxy) is 4. The molecule has 1 N–H and O–H groups in total.